The quantitative estimate of drug-likeness (QED) is 0.833. The van der Waals surface area contributed by atoms with Crippen LogP contribution in [-0.2, 0) is 20.0 Å². The molecule has 1 rings (SSSR count). The number of sulfone groups is 1. The van der Waals surface area contributed by atoms with Gasteiger partial charge in [-0.25, -0.2) is 8.42 Å². The van der Waals surface area contributed by atoms with E-state index in [9.17, 15) is 13.2 Å². The highest BCUT2D eigenvalue weighted by Crippen LogP contribution is 2.23. The first kappa shape index (κ1) is 15.9. The zero-order valence-corrected chi connectivity index (χ0v) is 12.9. The standard InChI is InChI=1S/C15H22O3S/c1-5-6-13(16)11-19(17,18)14-9-7-12(8-10-14)15(2,3)4/h7-10H,5-6,11H2,1-4H3. The molecule has 0 saturated carbocycles. The van der Waals surface area contributed by atoms with Crippen LogP contribution in [0.25, 0.3) is 0 Å². The summed E-state index contributed by atoms with van der Waals surface area (Å²) in [7, 11) is -3.49. The Labute approximate surface area is 116 Å². The zero-order valence-electron chi connectivity index (χ0n) is 12.1. The second-order valence-electron chi connectivity index (χ2n) is 5.82. The number of benzene rings is 1. The maximum Gasteiger partial charge on any atom is 0.185 e. The summed E-state index contributed by atoms with van der Waals surface area (Å²) in [6.07, 6.45) is 0.997. The number of carbonyl (C=O) groups excluding carboxylic acids is 1. The van der Waals surface area contributed by atoms with Gasteiger partial charge in [-0.2, -0.15) is 0 Å². The van der Waals surface area contributed by atoms with Crippen LogP contribution < -0.4 is 0 Å². The van der Waals surface area contributed by atoms with Gasteiger partial charge in [0.1, 0.15) is 11.5 Å². The van der Waals surface area contributed by atoms with Crippen LogP contribution in [0.1, 0.15) is 46.1 Å². The van der Waals surface area contributed by atoms with E-state index in [4.69, 9.17) is 0 Å². The number of Topliss-reactive ketones (excluding diaryl/α,β-unsaturated/α-hetero) is 1. The summed E-state index contributed by atoms with van der Waals surface area (Å²) in [6, 6.07) is 6.82. The SMILES string of the molecule is CCCC(=O)CS(=O)(=O)c1ccc(C(C)(C)C)cc1. The minimum Gasteiger partial charge on any atom is -0.299 e. The minimum absolute atomic E-state index is 0.0136. The van der Waals surface area contributed by atoms with Crippen molar-refractivity contribution < 1.29 is 13.2 Å². The average molecular weight is 282 g/mol. The van der Waals surface area contributed by atoms with E-state index in [0.29, 0.717) is 12.8 Å². The molecule has 0 atom stereocenters. The van der Waals surface area contributed by atoms with Crippen LogP contribution in [0.15, 0.2) is 29.2 Å². The van der Waals surface area contributed by atoms with Crippen LogP contribution in [-0.4, -0.2) is 20.0 Å². The number of hydrogen-bond acceptors (Lipinski definition) is 3. The highest BCUT2D eigenvalue weighted by Gasteiger charge is 2.20. The van der Waals surface area contributed by atoms with E-state index in [1.807, 2.05) is 19.1 Å². The van der Waals surface area contributed by atoms with Crippen molar-refractivity contribution in [1.29, 1.82) is 0 Å². The van der Waals surface area contributed by atoms with Crippen molar-refractivity contribution in [2.24, 2.45) is 0 Å². The predicted octanol–water partition coefficient (Wildman–Crippen LogP) is 3.13. The van der Waals surface area contributed by atoms with E-state index >= 15 is 0 Å². The smallest absolute Gasteiger partial charge is 0.185 e. The third-order valence-electron chi connectivity index (χ3n) is 2.96. The summed E-state index contributed by atoms with van der Waals surface area (Å²) in [5.41, 5.74) is 1.06. The molecule has 0 spiro atoms. The van der Waals surface area contributed by atoms with Gasteiger partial charge in [0.15, 0.2) is 9.84 Å². The topological polar surface area (TPSA) is 51.2 Å². The molecule has 0 radical (unpaired) electrons. The van der Waals surface area contributed by atoms with Crippen LogP contribution >= 0.6 is 0 Å². The van der Waals surface area contributed by atoms with Crippen LogP contribution in [0.4, 0.5) is 0 Å². The van der Waals surface area contributed by atoms with Gasteiger partial charge in [-0.05, 0) is 29.5 Å². The van der Waals surface area contributed by atoms with E-state index in [2.05, 4.69) is 20.8 Å². The fraction of sp³-hybridized carbons (Fsp3) is 0.533. The van der Waals surface area contributed by atoms with Crippen molar-refractivity contribution in [3.05, 3.63) is 29.8 Å². The lowest BCUT2D eigenvalue weighted by Crippen LogP contribution is -2.16. The summed E-state index contributed by atoms with van der Waals surface area (Å²) >= 11 is 0. The molecular weight excluding hydrogens is 260 g/mol. The molecule has 0 amide bonds. The van der Waals surface area contributed by atoms with E-state index in [1.54, 1.807) is 12.1 Å². The molecule has 4 heteroatoms. The molecule has 0 aliphatic carbocycles. The summed E-state index contributed by atoms with van der Waals surface area (Å²) < 4.78 is 24.1. The predicted molar refractivity (Wildman–Crippen MR) is 77.1 cm³/mol. The first-order valence-electron chi connectivity index (χ1n) is 6.52. The minimum atomic E-state index is -3.49. The van der Waals surface area contributed by atoms with Gasteiger partial charge in [0, 0.05) is 6.42 Å². The van der Waals surface area contributed by atoms with E-state index in [0.717, 1.165) is 5.56 Å². The first-order chi connectivity index (χ1) is 8.66. The third-order valence-corrected chi connectivity index (χ3v) is 4.65. The average Bonchev–Trinajstić information content (AvgIpc) is 2.27. The molecule has 0 unspecified atom stereocenters. The highest BCUT2D eigenvalue weighted by molar-refractivity contribution is 7.92. The van der Waals surface area contributed by atoms with Gasteiger partial charge in [-0.1, -0.05) is 39.8 Å². The van der Waals surface area contributed by atoms with Crippen LogP contribution in [0.2, 0.25) is 0 Å². The number of ketones is 1. The second-order valence-corrected chi connectivity index (χ2v) is 7.81. The Balaban J connectivity index is 2.94. The molecule has 0 aliphatic rings. The van der Waals surface area contributed by atoms with Crippen molar-refractivity contribution in [2.45, 2.75) is 50.8 Å². The Morgan fingerprint density at radius 2 is 1.63 bits per heavy atom. The fourth-order valence-corrected chi connectivity index (χ4v) is 3.09. The third kappa shape index (κ3) is 4.46. The molecule has 0 aromatic heterocycles. The van der Waals surface area contributed by atoms with E-state index < -0.39 is 15.6 Å². The van der Waals surface area contributed by atoms with Gasteiger partial charge in [0.25, 0.3) is 0 Å². The van der Waals surface area contributed by atoms with Crippen LogP contribution in [0.3, 0.4) is 0 Å². The zero-order chi connectivity index (χ0) is 14.7. The Kier molecular flexibility index (Phi) is 4.91. The van der Waals surface area contributed by atoms with Gasteiger partial charge in [0.05, 0.1) is 4.90 Å². The Morgan fingerprint density at radius 3 is 2.05 bits per heavy atom. The lowest BCUT2D eigenvalue weighted by molar-refractivity contribution is -0.116. The van der Waals surface area contributed by atoms with Crippen molar-refractivity contribution in [2.75, 3.05) is 5.75 Å². The Morgan fingerprint density at radius 1 is 1.11 bits per heavy atom. The lowest BCUT2D eigenvalue weighted by Gasteiger charge is -2.19. The molecule has 1 aromatic rings. The Bertz CT molecular complexity index is 534. The molecule has 0 aliphatic heterocycles. The van der Waals surface area contributed by atoms with E-state index in [-0.39, 0.29) is 16.1 Å². The van der Waals surface area contributed by atoms with Crippen molar-refractivity contribution in [3.8, 4) is 0 Å². The lowest BCUT2D eigenvalue weighted by atomic mass is 9.87. The largest absolute Gasteiger partial charge is 0.299 e. The van der Waals surface area contributed by atoms with Gasteiger partial charge < -0.3 is 0 Å². The van der Waals surface area contributed by atoms with Gasteiger partial charge in [-0.3, -0.25) is 4.79 Å². The second kappa shape index (κ2) is 5.87. The maximum atomic E-state index is 12.1. The highest BCUT2D eigenvalue weighted by atomic mass is 32.2. The molecule has 3 nitrogen and oxygen atoms in total. The summed E-state index contributed by atoms with van der Waals surface area (Å²) in [5.74, 6) is -0.613. The summed E-state index contributed by atoms with van der Waals surface area (Å²) in [6.45, 7) is 8.08. The molecule has 1 aromatic carbocycles. The van der Waals surface area contributed by atoms with Crippen molar-refractivity contribution in [1.82, 2.24) is 0 Å². The van der Waals surface area contributed by atoms with Crippen LogP contribution in [0, 0.1) is 0 Å². The summed E-state index contributed by atoms with van der Waals surface area (Å²) in [4.78, 5) is 11.7. The van der Waals surface area contributed by atoms with E-state index in [1.165, 1.54) is 0 Å². The number of carbonyl (C=O) groups is 1. The molecule has 0 heterocycles. The monoisotopic (exact) mass is 282 g/mol. The molecular formula is C15H22O3S. The molecule has 0 fully saturated rings. The van der Waals surface area contributed by atoms with Gasteiger partial charge in [-0.15, -0.1) is 0 Å². The normalized spacial score (nSPS) is 12.4. The van der Waals surface area contributed by atoms with Crippen molar-refractivity contribution in [3.63, 3.8) is 0 Å². The molecule has 19 heavy (non-hydrogen) atoms. The molecule has 0 saturated heterocycles. The summed E-state index contributed by atoms with van der Waals surface area (Å²) in [5, 5.41) is 0. The van der Waals surface area contributed by atoms with Gasteiger partial charge in [0.2, 0.25) is 0 Å². The number of hydrogen-bond donors (Lipinski definition) is 0. The first-order valence-corrected chi connectivity index (χ1v) is 8.17. The number of rotatable bonds is 5. The molecule has 0 N–H and O–H groups in total. The molecule has 0 bridgehead atoms. The molecule has 106 valence electrons. The van der Waals surface area contributed by atoms with Crippen LogP contribution in [0.5, 0.6) is 0 Å². The van der Waals surface area contributed by atoms with Gasteiger partial charge >= 0.3 is 0 Å². The van der Waals surface area contributed by atoms with Crippen molar-refractivity contribution >= 4 is 15.6 Å². The fourth-order valence-electron chi connectivity index (χ4n) is 1.81. The maximum absolute atomic E-state index is 12.1. The Hall–Kier alpha value is -1.16.